The molecule has 1 aromatic carbocycles. The summed E-state index contributed by atoms with van der Waals surface area (Å²) >= 11 is 13.0. The van der Waals surface area contributed by atoms with Gasteiger partial charge in [0.1, 0.15) is 17.4 Å². The first-order chi connectivity index (χ1) is 13.1. The molecular weight excluding hydrogens is 540 g/mol. The quantitative estimate of drug-likeness (QED) is 0.274. The topological polar surface area (TPSA) is 94.6 Å². The van der Waals surface area contributed by atoms with E-state index in [9.17, 15) is 22.8 Å². The zero-order valence-electron chi connectivity index (χ0n) is 15.0. The highest BCUT2D eigenvalue weighted by molar-refractivity contribution is 9.12. The van der Waals surface area contributed by atoms with Crippen molar-refractivity contribution in [2.75, 3.05) is 17.7 Å². The highest BCUT2D eigenvalue weighted by Crippen LogP contribution is 2.38. The summed E-state index contributed by atoms with van der Waals surface area (Å²) in [6.07, 6.45) is 0.736. The number of hydrogen-bond acceptors (Lipinski definition) is 6. The van der Waals surface area contributed by atoms with Crippen LogP contribution in [0, 0.1) is 5.92 Å². The molecule has 0 heterocycles. The predicted octanol–water partition coefficient (Wildman–Crippen LogP) is 3.79. The van der Waals surface area contributed by atoms with Gasteiger partial charge in [0.15, 0.2) is 32.9 Å². The van der Waals surface area contributed by atoms with Crippen LogP contribution in [-0.2, 0) is 19.4 Å². The molecule has 2 rings (SSSR count). The smallest absolute Gasteiger partial charge is 0.182 e. The fourth-order valence-corrected chi connectivity index (χ4v) is 4.55. The molecule has 0 aromatic heterocycles. The number of carbonyl (C=O) groups excluding carboxylic acids is 3. The van der Waals surface area contributed by atoms with Gasteiger partial charge in [-0.15, -0.1) is 0 Å². The molecule has 1 fully saturated rings. The lowest BCUT2D eigenvalue weighted by Crippen LogP contribution is -2.35. The molecule has 0 saturated heterocycles. The van der Waals surface area contributed by atoms with Gasteiger partial charge in [-0.3, -0.25) is 14.4 Å². The Morgan fingerprint density at radius 1 is 1.29 bits per heavy atom. The lowest BCUT2D eigenvalue weighted by atomic mass is 9.81. The van der Waals surface area contributed by atoms with Gasteiger partial charge in [-0.05, 0) is 18.6 Å². The highest BCUT2D eigenvalue weighted by atomic mass is 79.9. The molecular formula is C18H19Br2ClO6S. The van der Waals surface area contributed by atoms with Crippen molar-refractivity contribution < 1.29 is 27.5 Å². The number of sulfone groups is 1. The van der Waals surface area contributed by atoms with E-state index in [1.165, 1.54) is 19.1 Å². The van der Waals surface area contributed by atoms with Crippen LogP contribution in [0.25, 0.3) is 0 Å². The highest BCUT2D eigenvalue weighted by Gasteiger charge is 2.38. The third kappa shape index (κ3) is 5.04. The van der Waals surface area contributed by atoms with Gasteiger partial charge in [0.25, 0.3) is 0 Å². The molecule has 1 saturated carbocycles. The van der Waals surface area contributed by atoms with Crippen molar-refractivity contribution >= 4 is 70.6 Å². The van der Waals surface area contributed by atoms with Gasteiger partial charge in [-0.1, -0.05) is 50.4 Å². The molecule has 1 aromatic rings. The first kappa shape index (κ1) is 23.5. The minimum Gasteiger partial charge on any atom is -0.489 e. The van der Waals surface area contributed by atoms with E-state index in [0.29, 0.717) is 11.8 Å². The van der Waals surface area contributed by atoms with Crippen molar-refractivity contribution in [2.24, 2.45) is 5.92 Å². The van der Waals surface area contributed by atoms with Crippen LogP contribution in [0.1, 0.15) is 36.5 Å². The van der Waals surface area contributed by atoms with E-state index < -0.39 is 33.1 Å². The van der Waals surface area contributed by atoms with Gasteiger partial charge in [0, 0.05) is 23.7 Å². The zero-order chi connectivity index (χ0) is 21.1. The minimum atomic E-state index is -3.68. The average Bonchev–Trinajstić information content (AvgIpc) is 2.66. The summed E-state index contributed by atoms with van der Waals surface area (Å²) in [5, 5.41) is 0.337. The largest absolute Gasteiger partial charge is 0.489 e. The van der Waals surface area contributed by atoms with Crippen molar-refractivity contribution in [3.8, 4) is 5.75 Å². The SMILES string of the molecule is CCS(=O)(=O)c1ccc(C(=O)C2C(=O)CCCC2=O)c(Cl)c1OCC(Br)CBr. The maximum Gasteiger partial charge on any atom is 0.182 e. The Morgan fingerprint density at radius 3 is 2.43 bits per heavy atom. The number of halogens is 3. The molecule has 1 unspecified atom stereocenters. The zero-order valence-corrected chi connectivity index (χ0v) is 19.8. The number of Topliss-reactive ketones (excluding diaryl/α,β-unsaturated/α-hetero) is 3. The number of hydrogen-bond donors (Lipinski definition) is 0. The Labute approximate surface area is 185 Å². The van der Waals surface area contributed by atoms with Crippen molar-refractivity contribution in [3.05, 3.63) is 22.7 Å². The van der Waals surface area contributed by atoms with E-state index >= 15 is 0 Å². The van der Waals surface area contributed by atoms with Crippen molar-refractivity contribution in [2.45, 2.75) is 35.9 Å². The second-order valence-electron chi connectivity index (χ2n) is 6.30. The van der Waals surface area contributed by atoms with E-state index in [0.717, 1.165) is 0 Å². The molecule has 1 atom stereocenters. The molecule has 0 spiro atoms. The maximum absolute atomic E-state index is 12.9. The number of alkyl halides is 2. The van der Waals surface area contributed by atoms with E-state index in [1.807, 2.05) is 0 Å². The van der Waals surface area contributed by atoms with Gasteiger partial charge in [-0.25, -0.2) is 8.42 Å². The van der Waals surface area contributed by atoms with Gasteiger partial charge in [0.2, 0.25) is 0 Å². The van der Waals surface area contributed by atoms with Crippen molar-refractivity contribution in [1.29, 1.82) is 0 Å². The third-order valence-corrected chi connectivity index (χ3v) is 8.74. The molecule has 0 amide bonds. The Hall–Kier alpha value is -0.770. The summed E-state index contributed by atoms with van der Waals surface area (Å²) < 4.78 is 30.5. The molecule has 10 heteroatoms. The number of carbonyl (C=O) groups is 3. The molecule has 1 aliphatic rings. The Bertz CT molecular complexity index is 884. The van der Waals surface area contributed by atoms with Gasteiger partial charge < -0.3 is 4.74 Å². The van der Waals surface area contributed by atoms with Gasteiger partial charge in [-0.2, -0.15) is 0 Å². The summed E-state index contributed by atoms with van der Waals surface area (Å²) in [4.78, 5) is 36.9. The fourth-order valence-electron chi connectivity index (χ4n) is 2.83. The van der Waals surface area contributed by atoms with E-state index in [2.05, 4.69) is 31.9 Å². The fraction of sp³-hybridized carbons (Fsp3) is 0.500. The van der Waals surface area contributed by atoms with Crippen LogP contribution < -0.4 is 4.74 Å². The first-order valence-electron chi connectivity index (χ1n) is 8.61. The summed E-state index contributed by atoms with van der Waals surface area (Å²) in [5.74, 6) is -3.31. The van der Waals surface area contributed by atoms with Crippen LogP contribution in [-0.4, -0.2) is 48.3 Å². The summed E-state index contributed by atoms with van der Waals surface area (Å²) in [7, 11) is -3.68. The molecule has 0 N–H and O–H groups in total. The molecule has 28 heavy (non-hydrogen) atoms. The molecule has 6 nitrogen and oxygen atoms in total. The van der Waals surface area contributed by atoms with Crippen LogP contribution in [0.3, 0.4) is 0 Å². The number of ketones is 3. The lowest BCUT2D eigenvalue weighted by molar-refractivity contribution is -0.133. The predicted molar refractivity (Wildman–Crippen MR) is 113 cm³/mol. The Morgan fingerprint density at radius 2 is 1.89 bits per heavy atom. The van der Waals surface area contributed by atoms with Crippen LogP contribution in [0.4, 0.5) is 0 Å². The second kappa shape index (κ2) is 9.82. The second-order valence-corrected chi connectivity index (χ2v) is 10.9. The summed E-state index contributed by atoms with van der Waals surface area (Å²) in [6, 6.07) is 2.48. The first-order valence-corrected chi connectivity index (χ1v) is 12.7. The lowest BCUT2D eigenvalue weighted by Gasteiger charge is -2.20. The summed E-state index contributed by atoms with van der Waals surface area (Å²) in [5.41, 5.74) is -0.0923. The van der Waals surface area contributed by atoms with Gasteiger partial charge >= 0.3 is 0 Å². The van der Waals surface area contributed by atoms with Crippen LogP contribution in [0.2, 0.25) is 5.02 Å². The number of benzene rings is 1. The number of ether oxygens (including phenoxy) is 1. The third-order valence-electron chi connectivity index (χ3n) is 4.37. The minimum absolute atomic E-state index is 0.0923. The molecule has 0 bridgehead atoms. The van der Waals surface area contributed by atoms with Crippen LogP contribution in [0.5, 0.6) is 5.75 Å². The molecule has 1 aliphatic carbocycles. The van der Waals surface area contributed by atoms with Crippen molar-refractivity contribution in [1.82, 2.24) is 0 Å². The van der Waals surface area contributed by atoms with Gasteiger partial charge in [0.05, 0.1) is 15.6 Å². The van der Waals surface area contributed by atoms with E-state index in [1.54, 1.807) is 0 Å². The Balaban J connectivity index is 2.53. The maximum atomic E-state index is 12.9. The summed E-state index contributed by atoms with van der Waals surface area (Å²) in [6.45, 7) is 1.58. The molecule has 0 radical (unpaired) electrons. The van der Waals surface area contributed by atoms with Crippen LogP contribution in [0.15, 0.2) is 17.0 Å². The monoisotopic (exact) mass is 556 g/mol. The standard InChI is InChI=1S/C18H19Br2ClO6S/c1-2-28(25,26)14-7-6-11(16(21)18(14)27-9-10(20)8-19)17(24)15-12(22)4-3-5-13(15)23/h6-7,10,15H,2-5,8-9H2,1H3. The van der Waals surface area contributed by atoms with Crippen LogP contribution >= 0.6 is 43.5 Å². The van der Waals surface area contributed by atoms with E-state index in [-0.39, 0.29) is 51.3 Å². The molecule has 0 aliphatic heterocycles. The Kier molecular flexibility index (Phi) is 8.25. The normalized spacial score (nSPS) is 16.9. The average molecular weight is 559 g/mol. The number of rotatable bonds is 8. The van der Waals surface area contributed by atoms with E-state index in [4.69, 9.17) is 16.3 Å². The molecule has 154 valence electrons. The van der Waals surface area contributed by atoms with Crippen molar-refractivity contribution in [3.63, 3.8) is 0 Å².